The molecule has 0 atom stereocenters. The lowest BCUT2D eigenvalue weighted by molar-refractivity contribution is -0.120. The van der Waals surface area contributed by atoms with Gasteiger partial charge in [-0.3, -0.25) is 9.59 Å². The highest BCUT2D eigenvalue weighted by Crippen LogP contribution is 2.38. The van der Waals surface area contributed by atoms with Gasteiger partial charge in [0, 0.05) is 18.7 Å². The molecule has 3 N–H and O–H groups in total. The van der Waals surface area contributed by atoms with Gasteiger partial charge in [-0.15, -0.1) is 0 Å². The second kappa shape index (κ2) is 9.32. The molecule has 3 rings (SSSR count). The van der Waals surface area contributed by atoms with E-state index in [9.17, 15) is 14.7 Å². The summed E-state index contributed by atoms with van der Waals surface area (Å²) in [5.41, 5.74) is 1.13. The molecule has 8 heteroatoms. The Balaban J connectivity index is 1.39. The fraction of sp³-hybridized carbons (Fsp3) is 0.300. The maximum Gasteiger partial charge on any atom is 0.251 e. The minimum atomic E-state index is -0.270. The van der Waals surface area contributed by atoms with Crippen molar-refractivity contribution in [2.75, 3.05) is 26.3 Å². The average Bonchev–Trinajstić information content (AvgIpc) is 2.67. The van der Waals surface area contributed by atoms with Gasteiger partial charge < -0.3 is 25.2 Å². The number of hydrogen-bond acceptors (Lipinski definition) is 5. The van der Waals surface area contributed by atoms with E-state index in [1.165, 1.54) is 12.1 Å². The van der Waals surface area contributed by atoms with Crippen LogP contribution in [-0.4, -0.2) is 43.2 Å². The zero-order chi connectivity index (χ0) is 19.9. The molecule has 0 aromatic heterocycles. The number of fused-ring (bicyclic) bond motifs is 1. The average molecular weight is 405 g/mol. The molecular formula is C20H21ClN2O5. The summed E-state index contributed by atoms with van der Waals surface area (Å²) >= 11 is 6.17. The van der Waals surface area contributed by atoms with Crippen molar-refractivity contribution >= 4 is 23.4 Å². The Hall–Kier alpha value is -2.93. The number of amides is 2. The van der Waals surface area contributed by atoms with Gasteiger partial charge in [0.1, 0.15) is 19.0 Å². The van der Waals surface area contributed by atoms with Gasteiger partial charge in [-0.05, 0) is 42.3 Å². The first-order valence-electron chi connectivity index (χ1n) is 8.95. The van der Waals surface area contributed by atoms with Crippen LogP contribution in [0.1, 0.15) is 22.3 Å². The smallest absolute Gasteiger partial charge is 0.251 e. The van der Waals surface area contributed by atoms with Crippen LogP contribution in [0.4, 0.5) is 0 Å². The Morgan fingerprint density at radius 2 is 1.86 bits per heavy atom. The van der Waals surface area contributed by atoms with Crippen LogP contribution in [0, 0.1) is 0 Å². The predicted octanol–water partition coefficient (Wildman–Crippen LogP) is 2.30. The first-order chi connectivity index (χ1) is 13.5. The van der Waals surface area contributed by atoms with Crippen LogP contribution < -0.4 is 20.1 Å². The number of nitrogens with one attached hydrogen (secondary N) is 2. The molecule has 0 radical (unpaired) electrons. The Kier molecular flexibility index (Phi) is 6.60. The molecule has 28 heavy (non-hydrogen) atoms. The molecule has 0 bridgehead atoms. The van der Waals surface area contributed by atoms with Gasteiger partial charge in [0.2, 0.25) is 5.91 Å². The van der Waals surface area contributed by atoms with Crippen LogP contribution in [0.3, 0.4) is 0 Å². The summed E-state index contributed by atoms with van der Waals surface area (Å²) < 4.78 is 11.0. The van der Waals surface area contributed by atoms with Crippen molar-refractivity contribution in [1.29, 1.82) is 0 Å². The van der Waals surface area contributed by atoms with Gasteiger partial charge in [-0.2, -0.15) is 0 Å². The number of hydrogen-bond donors (Lipinski definition) is 3. The van der Waals surface area contributed by atoms with Crippen LogP contribution >= 0.6 is 11.6 Å². The van der Waals surface area contributed by atoms with E-state index in [1.54, 1.807) is 24.3 Å². The van der Waals surface area contributed by atoms with Crippen LogP contribution in [0.5, 0.6) is 17.2 Å². The molecule has 0 aliphatic carbocycles. The second-order valence-electron chi connectivity index (χ2n) is 6.29. The Morgan fingerprint density at radius 3 is 2.68 bits per heavy atom. The lowest BCUT2D eigenvalue weighted by Gasteiger charge is -2.20. The first-order valence-corrected chi connectivity index (χ1v) is 9.32. The zero-order valence-electron chi connectivity index (χ0n) is 15.2. The van der Waals surface area contributed by atoms with Crippen LogP contribution in [0.2, 0.25) is 5.02 Å². The van der Waals surface area contributed by atoms with Crippen molar-refractivity contribution in [3.05, 3.63) is 52.5 Å². The van der Waals surface area contributed by atoms with E-state index in [1.807, 2.05) is 0 Å². The molecule has 148 valence electrons. The summed E-state index contributed by atoms with van der Waals surface area (Å²) in [6.07, 6.45) is 0.754. The highest BCUT2D eigenvalue weighted by molar-refractivity contribution is 6.32. The van der Waals surface area contributed by atoms with E-state index < -0.39 is 0 Å². The number of phenolic OH excluding ortho intramolecular Hbond substituents is 1. The maximum atomic E-state index is 12.1. The number of halogens is 1. The Morgan fingerprint density at radius 1 is 1.07 bits per heavy atom. The number of rotatable bonds is 7. The summed E-state index contributed by atoms with van der Waals surface area (Å²) in [5, 5.41) is 15.4. The van der Waals surface area contributed by atoms with Crippen molar-refractivity contribution in [3.8, 4) is 17.2 Å². The van der Waals surface area contributed by atoms with Crippen molar-refractivity contribution in [2.24, 2.45) is 0 Å². The van der Waals surface area contributed by atoms with Gasteiger partial charge in [0.25, 0.3) is 5.91 Å². The number of benzene rings is 2. The van der Waals surface area contributed by atoms with Crippen LogP contribution in [0.25, 0.3) is 0 Å². The summed E-state index contributed by atoms with van der Waals surface area (Å²) in [6.45, 7) is 1.74. The third-order valence-corrected chi connectivity index (χ3v) is 4.37. The topological polar surface area (TPSA) is 96.9 Å². The number of ether oxygens (including phenoxy) is 2. The largest absolute Gasteiger partial charge is 0.508 e. The van der Waals surface area contributed by atoms with E-state index in [2.05, 4.69) is 10.6 Å². The highest BCUT2D eigenvalue weighted by atomic mass is 35.5. The molecule has 1 heterocycles. The van der Waals surface area contributed by atoms with Crippen molar-refractivity contribution in [3.63, 3.8) is 0 Å². The van der Waals surface area contributed by atoms with E-state index in [4.69, 9.17) is 21.1 Å². The predicted molar refractivity (Wildman–Crippen MR) is 104 cm³/mol. The third kappa shape index (κ3) is 5.29. The molecule has 0 fully saturated rings. The Labute approximate surface area is 167 Å². The lowest BCUT2D eigenvalue weighted by atomic mass is 10.1. The molecule has 1 aliphatic heterocycles. The molecule has 0 saturated carbocycles. The standard InChI is InChI=1S/C20H21ClN2O5/c21-16-9-13(10-17-19(16)28-8-7-27-17)11-18(25)22-5-2-6-23-20(26)14-3-1-4-15(24)12-14/h1,3-4,9-10,12,24H,2,5-8,11H2,(H,22,25)(H,23,26). The van der Waals surface area contributed by atoms with Gasteiger partial charge in [-0.1, -0.05) is 17.7 Å². The van der Waals surface area contributed by atoms with Crippen LogP contribution in [0.15, 0.2) is 36.4 Å². The van der Waals surface area contributed by atoms with Crippen molar-refractivity contribution < 1.29 is 24.2 Å². The minimum Gasteiger partial charge on any atom is -0.508 e. The van der Waals surface area contributed by atoms with Gasteiger partial charge in [0.15, 0.2) is 11.5 Å². The molecular weight excluding hydrogens is 384 g/mol. The molecule has 0 spiro atoms. The summed E-state index contributed by atoms with van der Waals surface area (Å²) in [5.74, 6) is 0.690. The summed E-state index contributed by atoms with van der Waals surface area (Å²) in [6, 6.07) is 9.58. The van der Waals surface area contributed by atoms with E-state index in [-0.39, 0.29) is 24.0 Å². The fourth-order valence-corrected chi connectivity index (χ4v) is 3.07. The monoisotopic (exact) mass is 404 g/mol. The minimum absolute atomic E-state index is 0.0409. The highest BCUT2D eigenvalue weighted by Gasteiger charge is 2.17. The Bertz CT molecular complexity index is 872. The molecule has 1 aliphatic rings. The molecule has 2 aromatic carbocycles. The SMILES string of the molecule is O=C(Cc1cc(Cl)c2c(c1)OCCO2)NCCCNC(=O)c1cccc(O)c1. The molecule has 0 saturated heterocycles. The van der Waals surface area contributed by atoms with Crippen molar-refractivity contribution in [2.45, 2.75) is 12.8 Å². The number of carbonyl (C=O) groups excluding carboxylic acids is 2. The van der Waals surface area contributed by atoms with Gasteiger partial charge in [0.05, 0.1) is 11.4 Å². The first kappa shape index (κ1) is 19.8. The van der Waals surface area contributed by atoms with Gasteiger partial charge in [-0.25, -0.2) is 0 Å². The lowest BCUT2D eigenvalue weighted by Crippen LogP contribution is -2.30. The van der Waals surface area contributed by atoms with E-state index >= 15 is 0 Å². The summed E-state index contributed by atoms with van der Waals surface area (Å²) in [4.78, 5) is 24.0. The molecule has 2 amide bonds. The van der Waals surface area contributed by atoms with E-state index in [0.29, 0.717) is 54.8 Å². The second-order valence-corrected chi connectivity index (χ2v) is 6.70. The quantitative estimate of drug-likeness (QED) is 0.615. The van der Waals surface area contributed by atoms with Gasteiger partial charge >= 0.3 is 0 Å². The maximum absolute atomic E-state index is 12.1. The normalized spacial score (nSPS) is 12.3. The number of phenols is 1. The van der Waals surface area contributed by atoms with Crippen LogP contribution in [-0.2, 0) is 11.2 Å². The summed E-state index contributed by atoms with van der Waals surface area (Å²) in [7, 11) is 0. The third-order valence-electron chi connectivity index (χ3n) is 4.09. The zero-order valence-corrected chi connectivity index (χ0v) is 15.9. The number of aromatic hydroxyl groups is 1. The molecule has 7 nitrogen and oxygen atoms in total. The number of carbonyl (C=O) groups is 2. The molecule has 0 unspecified atom stereocenters. The fourth-order valence-electron chi connectivity index (χ4n) is 2.78. The molecule has 2 aromatic rings. The van der Waals surface area contributed by atoms with Crippen molar-refractivity contribution in [1.82, 2.24) is 10.6 Å². The van der Waals surface area contributed by atoms with E-state index in [0.717, 1.165) is 5.56 Å².